The molecule has 24 heavy (non-hydrogen) atoms. The number of nitrogens with zero attached hydrogens (tertiary/aromatic N) is 4. The van der Waals surface area contributed by atoms with Gasteiger partial charge in [0.05, 0.1) is 21.8 Å². The van der Waals surface area contributed by atoms with Gasteiger partial charge in [0.1, 0.15) is 17.6 Å². The fourth-order valence-electron chi connectivity index (χ4n) is 2.77. The minimum Gasteiger partial charge on any atom is -0.355 e. The van der Waals surface area contributed by atoms with Crippen molar-refractivity contribution in [3.8, 4) is 17.3 Å². The molecule has 0 spiro atoms. The van der Waals surface area contributed by atoms with E-state index in [-0.39, 0.29) is 11.2 Å². The summed E-state index contributed by atoms with van der Waals surface area (Å²) in [4.78, 5) is 11.1. The largest absolute Gasteiger partial charge is 0.355 e. The zero-order valence-electron chi connectivity index (χ0n) is 13.4. The van der Waals surface area contributed by atoms with Gasteiger partial charge in [0.15, 0.2) is 5.69 Å². The normalized spacial score (nSPS) is 16.7. The van der Waals surface area contributed by atoms with Gasteiger partial charge in [0.2, 0.25) is 0 Å². The van der Waals surface area contributed by atoms with Crippen molar-refractivity contribution >= 4 is 29.0 Å². The molecule has 0 radical (unpaired) electrons. The molecule has 1 aliphatic rings. The lowest BCUT2D eigenvalue weighted by Crippen LogP contribution is -2.73. The number of hydrogen-bond acceptors (Lipinski definition) is 4. The first-order valence-corrected chi connectivity index (χ1v) is 8.49. The van der Waals surface area contributed by atoms with E-state index in [1.54, 1.807) is 24.4 Å². The number of halogens is 2. The summed E-state index contributed by atoms with van der Waals surface area (Å²) in [7, 11) is 0. The third-order valence-corrected chi connectivity index (χ3v) is 5.19. The van der Waals surface area contributed by atoms with E-state index < -0.39 is 0 Å². The predicted molar refractivity (Wildman–Crippen MR) is 94.9 cm³/mol. The van der Waals surface area contributed by atoms with Crippen LogP contribution in [0.15, 0.2) is 24.4 Å². The van der Waals surface area contributed by atoms with E-state index in [0.717, 1.165) is 25.9 Å². The third-order valence-electron chi connectivity index (χ3n) is 4.37. The average molecular weight is 363 g/mol. The summed E-state index contributed by atoms with van der Waals surface area (Å²) >= 11 is 12.3. The Hall–Kier alpha value is -1.87. The molecule has 3 N–H and O–H groups in total. The van der Waals surface area contributed by atoms with Gasteiger partial charge in [-0.25, -0.2) is 9.97 Å². The first kappa shape index (κ1) is 17.0. The highest BCUT2D eigenvalue weighted by molar-refractivity contribution is 6.43. The highest BCUT2D eigenvalue weighted by Crippen LogP contribution is 2.34. The van der Waals surface area contributed by atoms with Gasteiger partial charge in [0.25, 0.3) is 0 Å². The zero-order valence-corrected chi connectivity index (χ0v) is 14.9. The summed E-state index contributed by atoms with van der Waals surface area (Å²) < 4.78 is 0. The molecule has 1 aliphatic heterocycles. The van der Waals surface area contributed by atoms with Crippen LogP contribution in [0.2, 0.25) is 10.0 Å². The van der Waals surface area contributed by atoms with Gasteiger partial charge in [-0.3, -0.25) is 0 Å². The second-order valence-corrected chi connectivity index (χ2v) is 7.22. The Morgan fingerprint density at radius 3 is 2.67 bits per heavy atom. The SMILES string of the molecule is CC1([NH3+])CCN(c2cnc(-c3cccc(Cl)c3Cl)c(C#N)n2)CC1. The van der Waals surface area contributed by atoms with E-state index >= 15 is 0 Å². The van der Waals surface area contributed by atoms with Gasteiger partial charge in [-0.2, -0.15) is 5.26 Å². The number of rotatable bonds is 2. The molecule has 0 amide bonds. The smallest absolute Gasteiger partial charge is 0.169 e. The highest BCUT2D eigenvalue weighted by Gasteiger charge is 2.30. The molecular weight excluding hydrogens is 345 g/mol. The standard InChI is InChI=1S/C17H17Cl2N5/c1-17(21)5-7-24(8-6-17)14-10-22-16(13(9-20)23-14)11-3-2-4-12(18)15(11)19/h2-4,10H,5-8,21H2,1H3/p+1. The van der Waals surface area contributed by atoms with Crippen LogP contribution in [0.25, 0.3) is 11.3 Å². The van der Waals surface area contributed by atoms with Crippen molar-refractivity contribution in [1.29, 1.82) is 5.26 Å². The fraction of sp³-hybridized carbons (Fsp3) is 0.353. The number of piperidine rings is 1. The molecule has 1 aromatic carbocycles. The Balaban J connectivity index is 1.95. The van der Waals surface area contributed by atoms with Gasteiger partial charge in [0, 0.05) is 31.5 Å². The number of quaternary nitrogens is 1. The van der Waals surface area contributed by atoms with E-state index in [0.29, 0.717) is 27.1 Å². The van der Waals surface area contributed by atoms with Crippen LogP contribution < -0.4 is 10.6 Å². The highest BCUT2D eigenvalue weighted by atomic mass is 35.5. The molecule has 7 heteroatoms. The van der Waals surface area contributed by atoms with Crippen molar-refractivity contribution < 1.29 is 5.73 Å². The Bertz CT molecular complexity index is 803. The summed E-state index contributed by atoms with van der Waals surface area (Å²) in [6, 6.07) is 7.38. The van der Waals surface area contributed by atoms with E-state index in [2.05, 4.69) is 33.6 Å². The van der Waals surface area contributed by atoms with Gasteiger partial charge < -0.3 is 10.6 Å². The molecule has 0 aliphatic carbocycles. The Morgan fingerprint density at radius 1 is 1.29 bits per heavy atom. The topological polar surface area (TPSA) is 80.5 Å². The monoisotopic (exact) mass is 362 g/mol. The summed E-state index contributed by atoms with van der Waals surface area (Å²) in [5.74, 6) is 0.712. The minimum atomic E-state index is 0.107. The van der Waals surface area contributed by atoms with Crippen LogP contribution in [0.1, 0.15) is 25.5 Å². The predicted octanol–water partition coefficient (Wildman–Crippen LogP) is 2.92. The van der Waals surface area contributed by atoms with E-state index in [1.807, 2.05) is 0 Å². The minimum absolute atomic E-state index is 0.107. The zero-order chi connectivity index (χ0) is 17.3. The van der Waals surface area contributed by atoms with Crippen LogP contribution in [0.4, 0.5) is 5.82 Å². The molecule has 0 bridgehead atoms. The van der Waals surface area contributed by atoms with Crippen molar-refractivity contribution in [1.82, 2.24) is 9.97 Å². The molecule has 1 aromatic heterocycles. The Morgan fingerprint density at radius 2 is 2.00 bits per heavy atom. The van der Waals surface area contributed by atoms with E-state index in [9.17, 15) is 5.26 Å². The number of aromatic nitrogens is 2. The maximum absolute atomic E-state index is 9.49. The van der Waals surface area contributed by atoms with Crippen LogP contribution in [-0.4, -0.2) is 28.6 Å². The van der Waals surface area contributed by atoms with Crippen LogP contribution >= 0.6 is 23.2 Å². The summed E-state index contributed by atoms with van der Waals surface area (Å²) in [5, 5.41) is 10.3. The molecule has 3 rings (SSSR count). The van der Waals surface area contributed by atoms with Crippen LogP contribution in [0, 0.1) is 11.3 Å². The van der Waals surface area contributed by atoms with Crippen molar-refractivity contribution in [2.75, 3.05) is 18.0 Å². The first-order valence-electron chi connectivity index (χ1n) is 7.73. The lowest BCUT2D eigenvalue weighted by atomic mass is 9.91. The van der Waals surface area contributed by atoms with Crippen LogP contribution in [0.3, 0.4) is 0 Å². The number of anilines is 1. The molecule has 2 heterocycles. The van der Waals surface area contributed by atoms with Crippen molar-refractivity contribution in [2.45, 2.75) is 25.3 Å². The number of benzene rings is 1. The number of nitriles is 1. The quantitative estimate of drug-likeness (QED) is 0.890. The lowest BCUT2D eigenvalue weighted by Gasteiger charge is -2.34. The molecule has 1 saturated heterocycles. The molecule has 5 nitrogen and oxygen atoms in total. The van der Waals surface area contributed by atoms with E-state index in [4.69, 9.17) is 23.2 Å². The average Bonchev–Trinajstić information content (AvgIpc) is 2.57. The Labute approximate surface area is 151 Å². The first-order chi connectivity index (χ1) is 11.4. The van der Waals surface area contributed by atoms with Gasteiger partial charge >= 0.3 is 0 Å². The fourth-order valence-corrected chi connectivity index (χ4v) is 3.16. The molecule has 2 aromatic rings. The molecule has 0 saturated carbocycles. The second-order valence-electron chi connectivity index (χ2n) is 6.44. The van der Waals surface area contributed by atoms with Crippen molar-refractivity contribution in [3.63, 3.8) is 0 Å². The van der Waals surface area contributed by atoms with Gasteiger partial charge in [-0.15, -0.1) is 0 Å². The molecule has 0 unspecified atom stereocenters. The third kappa shape index (κ3) is 3.32. The lowest BCUT2D eigenvalue weighted by molar-refractivity contribution is -0.475. The summed E-state index contributed by atoms with van der Waals surface area (Å²) in [6.07, 6.45) is 3.66. The van der Waals surface area contributed by atoms with Gasteiger partial charge in [-0.1, -0.05) is 35.3 Å². The summed E-state index contributed by atoms with van der Waals surface area (Å²) in [5.41, 5.74) is 5.64. The van der Waals surface area contributed by atoms with E-state index in [1.165, 1.54) is 0 Å². The maximum atomic E-state index is 9.49. The Kier molecular flexibility index (Phi) is 4.64. The molecule has 124 valence electrons. The molecular formula is C17H18Cl2N5+. The van der Waals surface area contributed by atoms with Crippen molar-refractivity contribution in [3.05, 3.63) is 40.1 Å². The van der Waals surface area contributed by atoms with Crippen LogP contribution in [0.5, 0.6) is 0 Å². The number of hydrogen-bond donors (Lipinski definition) is 1. The maximum Gasteiger partial charge on any atom is 0.169 e. The van der Waals surface area contributed by atoms with Crippen LogP contribution in [-0.2, 0) is 0 Å². The molecule has 0 atom stereocenters. The molecule has 1 fully saturated rings. The second kappa shape index (κ2) is 6.56. The van der Waals surface area contributed by atoms with Crippen molar-refractivity contribution in [2.24, 2.45) is 0 Å². The van der Waals surface area contributed by atoms with Gasteiger partial charge in [-0.05, 0) is 13.0 Å². The summed E-state index contributed by atoms with van der Waals surface area (Å²) in [6.45, 7) is 3.88.